The van der Waals surface area contributed by atoms with Crippen LogP contribution < -0.4 is 0 Å². The van der Waals surface area contributed by atoms with E-state index in [1.807, 2.05) is 0 Å². The Bertz CT molecular complexity index is 1140. The summed E-state index contributed by atoms with van der Waals surface area (Å²) in [5.41, 5.74) is 0.973. The summed E-state index contributed by atoms with van der Waals surface area (Å²) in [4.78, 5) is 0. The molecule has 8 heteroatoms. The first-order valence-electron chi connectivity index (χ1n) is 17.4. The molecule has 6 N–H and O–H groups in total. The highest BCUT2D eigenvalue weighted by Gasteiger charge is 2.69. The van der Waals surface area contributed by atoms with Crippen LogP contribution in [0.3, 0.4) is 0 Å². The number of rotatable bonds is 4. The van der Waals surface area contributed by atoms with Crippen molar-refractivity contribution in [2.75, 3.05) is 13.2 Å². The highest BCUT2D eigenvalue weighted by atomic mass is 16.7. The summed E-state index contributed by atoms with van der Waals surface area (Å²) in [6.07, 6.45) is 4.23. The molecule has 44 heavy (non-hydrogen) atoms. The summed E-state index contributed by atoms with van der Waals surface area (Å²) < 4.78 is 12.1. The molecule has 1 saturated heterocycles. The van der Waals surface area contributed by atoms with Crippen LogP contribution in [0.15, 0.2) is 11.6 Å². The van der Waals surface area contributed by atoms with E-state index in [1.54, 1.807) is 0 Å². The van der Waals surface area contributed by atoms with Crippen molar-refractivity contribution in [3.8, 4) is 0 Å². The maximum atomic E-state index is 11.9. The van der Waals surface area contributed by atoms with E-state index in [4.69, 9.17) is 9.47 Å². The zero-order valence-electron chi connectivity index (χ0n) is 28.1. The Morgan fingerprint density at radius 1 is 0.795 bits per heavy atom. The molecule has 0 bridgehead atoms. The van der Waals surface area contributed by atoms with Gasteiger partial charge in [-0.1, -0.05) is 60.1 Å². The minimum absolute atomic E-state index is 0.00175. The van der Waals surface area contributed by atoms with Gasteiger partial charge in [0.1, 0.15) is 24.4 Å². The lowest BCUT2D eigenvalue weighted by atomic mass is 9.33. The van der Waals surface area contributed by atoms with E-state index in [2.05, 4.69) is 54.5 Å². The Hall–Kier alpha value is -0.580. The lowest BCUT2D eigenvalue weighted by Crippen LogP contribution is -2.67. The van der Waals surface area contributed by atoms with Crippen LogP contribution in [0.5, 0.6) is 0 Å². The van der Waals surface area contributed by atoms with Crippen molar-refractivity contribution < 1.29 is 40.1 Å². The fraction of sp³-hybridized carbons (Fsp3) is 0.944. The fourth-order valence-electron chi connectivity index (χ4n) is 12.1. The molecular weight excluding hydrogens is 560 g/mol. The van der Waals surface area contributed by atoms with Gasteiger partial charge >= 0.3 is 0 Å². The summed E-state index contributed by atoms with van der Waals surface area (Å²) in [5, 5.41) is 64.0. The van der Waals surface area contributed by atoms with Crippen LogP contribution in [0, 0.1) is 50.2 Å². The minimum Gasteiger partial charge on any atom is -0.396 e. The van der Waals surface area contributed by atoms with Gasteiger partial charge in [-0.2, -0.15) is 0 Å². The van der Waals surface area contributed by atoms with Gasteiger partial charge in [-0.25, -0.2) is 0 Å². The number of hydrogen-bond acceptors (Lipinski definition) is 8. The van der Waals surface area contributed by atoms with Gasteiger partial charge in [0.05, 0.1) is 25.4 Å². The van der Waals surface area contributed by atoms with Crippen molar-refractivity contribution in [1.29, 1.82) is 0 Å². The van der Waals surface area contributed by atoms with E-state index < -0.39 is 48.8 Å². The Morgan fingerprint density at radius 3 is 2.14 bits per heavy atom. The van der Waals surface area contributed by atoms with Crippen LogP contribution in [-0.2, 0) is 9.47 Å². The molecule has 8 nitrogen and oxygen atoms in total. The molecule has 0 unspecified atom stereocenters. The van der Waals surface area contributed by atoms with Crippen LogP contribution in [0.4, 0.5) is 0 Å². The predicted octanol–water partition coefficient (Wildman–Crippen LogP) is 3.94. The van der Waals surface area contributed by atoms with Crippen LogP contribution in [0.25, 0.3) is 0 Å². The maximum Gasteiger partial charge on any atom is 0.186 e. The average Bonchev–Trinajstić information content (AvgIpc) is 2.97. The highest BCUT2D eigenvalue weighted by molar-refractivity contribution is 5.34. The monoisotopic (exact) mass is 620 g/mol. The van der Waals surface area contributed by atoms with E-state index in [0.717, 1.165) is 44.9 Å². The lowest BCUT2D eigenvalue weighted by Gasteiger charge is -2.72. The summed E-state index contributed by atoms with van der Waals surface area (Å²) in [5.74, 6) is 0.784. The first-order valence-corrected chi connectivity index (χ1v) is 17.4. The zero-order valence-corrected chi connectivity index (χ0v) is 28.1. The summed E-state index contributed by atoms with van der Waals surface area (Å²) in [6, 6.07) is 0. The number of hydrogen-bond donors (Lipinski definition) is 6. The van der Waals surface area contributed by atoms with E-state index >= 15 is 0 Å². The van der Waals surface area contributed by atoms with Crippen molar-refractivity contribution in [2.45, 2.75) is 149 Å². The molecule has 0 radical (unpaired) electrons. The quantitative estimate of drug-likeness (QED) is 0.205. The molecule has 0 aromatic rings. The predicted molar refractivity (Wildman–Crippen MR) is 166 cm³/mol. The van der Waals surface area contributed by atoms with Crippen LogP contribution in [0.1, 0.15) is 106 Å². The number of allylic oxidation sites excluding steroid dienone is 1. The summed E-state index contributed by atoms with van der Waals surface area (Å²) in [6.45, 7) is 15.9. The van der Waals surface area contributed by atoms with Gasteiger partial charge < -0.3 is 40.1 Å². The first-order chi connectivity index (χ1) is 20.4. The SMILES string of the molecule is CC1(C)CC[C@]2(C)CC[C@]3(C)C(=CC[C@@H]4[C@@]5(C)CC[C@H](O[C@@H]6O[C@H](CO)[C@@H](O)[C@H](O)[C@H]6O)[C@](C)(CO)[C@@H]5CC[C@]43C)[C@H]2[C@H]1O. The van der Waals surface area contributed by atoms with E-state index in [-0.39, 0.29) is 51.6 Å². The first kappa shape index (κ1) is 33.3. The lowest BCUT2D eigenvalue weighted by molar-refractivity contribution is -0.333. The van der Waals surface area contributed by atoms with Gasteiger partial charge in [0, 0.05) is 11.3 Å². The number of ether oxygens (including phenoxy) is 2. The third-order valence-electron chi connectivity index (χ3n) is 15.5. The molecule has 1 heterocycles. The smallest absolute Gasteiger partial charge is 0.186 e. The van der Waals surface area contributed by atoms with Gasteiger partial charge in [-0.15, -0.1) is 0 Å². The highest BCUT2D eigenvalue weighted by Crippen LogP contribution is 2.75. The van der Waals surface area contributed by atoms with E-state index in [9.17, 15) is 30.6 Å². The molecule has 1 aliphatic heterocycles. The Morgan fingerprint density at radius 2 is 1.48 bits per heavy atom. The van der Waals surface area contributed by atoms with Crippen molar-refractivity contribution in [3.63, 3.8) is 0 Å². The van der Waals surface area contributed by atoms with E-state index in [1.165, 1.54) is 12.0 Å². The van der Waals surface area contributed by atoms with Crippen molar-refractivity contribution >= 4 is 0 Å². The number of aliphatic hydroxyl groups is 6. The molecule has 5 aliphatic carbocycles. The largest absolute Gasteiger partial charge is 0.396 e. The second-order valence-corrected chi connectivity index (χ2v) is 17.9. The van der Waals surface area contributed by atoms with Gasteiger partial charge in [0.2, 0.25) is 0 Å². The molecule has 252 valence electrons. The average molecular weight is 621 g/mol. The second kappa shape index (κ2) is 10.7. The van der Waals surface area contributed by atoms with Gasteiger partial charge in [0.25, 0.3) is 0 Å². The zero-order chi connectivity index (χ0) is 32.3. The maximum absolute atomic E-state index is 11.9. The molecule has 4 saturated carbocycles. The topological polar surface area (TPSA) is 140 Å². The third kappa shape index (κ3) is 4.37. The molecule has 15 atom stereocenters. The van der Waals surface area contributed by atoms with E-state index in [0.29, 0.717) is 12.3 Å². The summed E-state index contributed by atoms with van der Waals surface area (Å²) in [7, 11) is 0. The molecule has 6 aliphatic rings. The minimum atomic E-state index is -1.50. The normalized spacial score (nSPS) is 56.9. The van der Waals surface area contributed by atoms with Gasteiger partial charge in [-0.05, 0) is 96.7 Å². The van der Waals surface area contributed by atoms with Crippen molar-refractivity contribution in [3.05, 3.63) is 11.6 Å². The molecule has 5 fully saturated rings. The summed E-state index contributed by atoms with van der Waals surface area (Å²) >= 11 is 0. The van der Waals surface area contributed by atoms with Crippen molar-refractivity contribution in [1.82, 2.24) is 0 Å². The molecule has 0 aromatic carbocycles. The third-order valence-corrected chi connectivity index (χ3v) is 15.5. The Kier molecular flexibility index (Phi) is 8.11. The van der Waals surface area contributed by atoms with Crippen LogP contribution >= 0.6 is 0 Å². The molecule has 0 aromatic heterocycles. The number of fused-ring (bicyclic) bond motifs is 7. The second-order valence-electron chi connectivity index (χ2n) is 17.9. The van der Waals surface area contributed by atoms with Crippen molar-refractivity contribution in [2.24, 2.45) is 50.2 Å². The Labute approximate surface area is 264 Å². The van der Waals surface area contributed by atoms with Gasteiger partial charge in [-0.3, -0.25) is 0 Å². The molecule has 0 amide bonds. The number of aliphatic hydroxyl groups excluding tert-OH is 6. The fourth-order valence-corrected chi connectivity index (χ4v) is 12.1. The van der Waals surface area contributed by atoms with Crippen LogP contribution in [-0.4, -0.2) is 86.8 Å². The van der Waals surface area contributed by atoms with Crippen LogP contribution in [0.2, 0.25) is 0 Å². The van der Waals surface area contributed by atoms with Gasteiger partial charge in [0.15, 0.2) is 6.29 Å². The Balaban J connectivity index is 1.31. The molecular formula is C36H60O8. The molecule has 6 rings (SSSR count). The molecule has 0 spiro atoms. The standard InChI is InChI=1S/C36H60O8/c1-31(2)14-15-32(3)16-17-35(6)20(25(32)29(31)42)8-9-23-33(4)12-11-24(34(5,19-38)22(33)10-13-36(23,35)7)44-30-28(41)27(40)26(39)21(18-37)43-30/h8,21-30,37-42H,9-19H2,1-7H3/t21-,22-,23-,24+,25+,26-,27+,28-,29-,30+,32-,33+,34-,35-,36-/m1/s1.